The SMILES string of the molecule is CCCOc1cncc(C(O)C2CSc3ccccc32)c1. The highest BCUT2D eigenvalue weighted by Gasteiger charge is 2.30. The Morgan fingerprint density at radius 1 is 1.38 bits per heavy atom. The normalized spacial score (nSPS) is 18.3. The molecule has 2 heterocycles. The van der Waals surface area contributed by atoms with E-state index >= 15 is 0 Å². The first kappa shape index (κ1) is 14.4. The molecule has 1 aromatic heterocycles. The fourth-order valence-electron chi connectivity index (χ4n) is 2.58. The summed E-state index contributed by atoms with van der Waals surface area (Å²) in [6.45, 7) is 2.74. The van der Waals surface area contributed by atoms with Gasteiger partial charge < -0.3 is 9.84 Å². The van der Waals surface area contributed by atoms with E-state index in [1.165, 1.54) is 10.5 Å². The molecule has 2 aromatic rings. The van der Waals surface area contributed by atoms with Crippen molar-refractivity contribution in [2.75, 3.05) is 12.4 Å². The predicted molar refractivity (Wildman–Crippen MR) is 84.9 cm³/mol. The molecular weight excluding hydrogens is 282 g/mol. The zero-order valence-corrected chi connectivity index (χ0v) is 12.8. The Morgan fingerprint density at radius 3 is 3.10 bits per heavy atom. The Balaban J connectivity index is 1.81. The van der Waals surface area contributed by atoms with Crippen LogP contribution in [0.5, 0.6) is 5.75 Å². The maximum absolute atomic E-state index is 10.7. The van der Waals surface area contributed by atoms with Crippen molar-refractivity contribution < 1.29 is 9.84 Å². The van der Waals surface area contributed by atoms with Gasteiger partial charge in [-0.1, -0.05) is 25.1 Å². The van der Waals surface area contributed by atoms with Gasteiger partial charge in [-0.15, -0.1) is 11.8 Å². The largest absolute Gasteiger partial charge is 0.492 e. The van der Waals surface area contributed by atoms with Crippen molar-refractivity contribution >= 4 is 11.8 Å². The summed E-state index contributed by atoms with van der Waals surface area (Å²) in [5, 5.41) is 10.7. The molecule has 0 saturated heterocycles. The number of hydrogen-bond acceptors (Lipinski definition) is 4. The maximum Gasteiger partial charge on any atom is 0.137 e. The van der Waals surface area contributed by atoms with Crippen LogP contribution >= 0.6 is 11.8 Å². The van der Waals surface area contributed by atoms with Crippen molar-refractivity contribution in [2.24, 2.45) is 0 Å². The molecule has 0 saturated carbocycles. The minimum Gasteiger partial charge on any atom is -0.492 e. The number of hydrogen-bond donors (Lipinski definition) is 1. The van der Waals surface area contributed by atoms with Crippen LogP contribution in [0.2, 0.25) is 0 Å². The Hall–Kier alpha value is -1.52. The van der Waals surface area contributed by atoms with Crippen LogP contribution in [0.4, 0.5) is 0 Å². The van der Waals surface area contributed by atoms with Gasteiger partial charge in [0.1, 0.15) is 5.75 Å². The van der Waals surface area contributed by atoms with Crippen molar-refractivity contribution in [3.63, 3.8) is 0 Å². The predicted octanol–water partition coefficient (Wildman–Crippen LogP) is 3.79. The second-order valence-electron chi connectivity index (χ2n) is 5.20. The topological polar surface area (TPSA) is 42.4 Å². The molecule has 1 aromatic carbocycles. The van der Waals surface area contributed by atoms with Gasteiger partial charge in [-0.25, -0.2) is 0 Å². The third-order valence-corrected chi connectivity index (χ3v) is 4.88. The Labute approximate surface area is 129 Å². The molecule has 0 bridgehead atoms. The van der Waals surface area contributed by atoms with E-state index in [0.717, 1.165) is 23.5 Å². The molecule has 1 N–H and O–H groups in total. The van der Waals surface area contributed by atoms with Gasteiger partial charge in [-0.3, -0.25) is 4.98 Å². The van der Waals surface area contributed by atoms with Crippen LogP contribution < -0.4 is 4.74 Å². The molecule has 3 nitrogen and oxygen atoms in total. The number of thioether (sulfide) groups is 1. The van der Waals surface area contributed by atoms with E-state index in [4.69, 9.17) is 4.74 Å². The van der Waals surface area contributed by atoms with Gasteiger partial charge in [-0.05, 0) is 24.1 Å². The fourth-order valence-corrected chi connectivity index (χ4v) is 3.86. The molecule has 0 radical (unpaired) electrons. The summed E-state index contributed by atoms with van der Waals surface area (Å²) < 4.78 is 5.60. The van der Waals surface area contributed by atoms with Crippen LogP contribution in [0.25, 0.3) is 0 Å². The van der Waals surface area contributed by atoms with E-state index in [0.29, 0.717) is 6.61 Å². The Bertz CT molecular complexity index is 617. The zero-order valence-electron chi connectivity index (χ0n) is 12.0. The number of fused-ring (bicyclic) bond motifs is 1. The minimum absolute atomic E-state index is 0.120. The number of pyridine rings is 1. The van der Waals surface area contributed by atoms with E-state index in [1.807, 2.05) is 18.2 Å². The summed E-state index contributed by atoms with van der Waals surface area (Å²) >= 11 is 1.81. The quantitative estimate of drug-likeness (QED) is 0.912. The van der Waals surface area contributed by atoms with Crippen molar-refractivity contribution in [1.29, 1.82) is 0 Å². The van der Waals surface area contributed by atoms with Gasteiger partial charge in [0.05, 0.1) is 18.9 Å². The highest BCUT2D eigenvalue weighted by molar-refractivity contribution is 7.99. The second kappa shape index (κ2) is 6.50. The average Bonchev–Trinajstić information content (AvgIpc) is 2.96. The summed E-state index contributed by atoms with van der Waals surface area (Å²) in [5.41, 5.74) is 2.06. The third-order valence-electron chi connectivity index (χ3n) is 3.67. The first-order valence-electron chi connectivity index (χ1n) is 7.27. The average molecular weight is 301 g/mol. The number of aliphatic hydroxyl groups excluding tert-OH is 1. The molecule has 0 amide bonds. The lowest BCUT2D eigenvalue weighted by molar-refractivity contribution is 0.153. The summed E-state index contributed by atoms with van der Waals surface area (Å²) in [6.07, 6.45) is 3.84. The molecule has 3 rings (SSSR count). The van der Waals surface area contributed by atoms with E-state index < -0.39 is 6.10 Å². The lowest BCUT2D eigenvalue weighted by Gasteiger charge is -2.19. The van der Waals surface area contributed by atoms with Crippen molar-refractivity contribution in [2.45, 2.75) is 30.3 Å². The summed E-state index contributed by atoms with van der Waals surface area (Å²) in [4.78, 5) is 5.47. The number of rotatable bonds is 5. The van der Waals surface area contributed by atoms with Crippen LogP contribution in [0.15, 0.2) is 47.6 Å². The minimum atomic E-state index is -0.543. The molecule has 110 valence electrons. The van der Waals surface area contributed by atoms with Gasteiger partial charge in [0.15, 0.2) is 0 Å². The standard InChI is InChI=1S/C17H19NO2S/c1-2-7-20-13-8-12(9-18-10-13)17(19)15-11-21-16-6-4-3-5-14(15)16/h3-6,8-10,15,17,19H,2,7,11H2,1H3. The van der Waals surface area contributed by atoms with E-state index in [1.54, 1.807) is 24.2 Å². The van der Waals surface area contributed by atoms with Crippen molar-refractivity contribution in [1.82, 2.24) is 4.98 Å². The summed E-state index contributed by atoms with van der Waals surface area (Å²) in [5.74, 6) is 1.75. The van der Waals surface area contributed by atoms with Crippen LogP contribution in [-0.2, 0) is 0 Å². The van der Waals surface area contributed by atoms with E-state index in [9.17, 15) is 5.11 Å². The number of nitrogens with zero attached hydrogens (tertiary/aromatic N) is 1. The highest BCUT2D eigenvalue weighted by atomic mass is 32.2. The van der Waals surface area contributed by atoms with Gasteiger partial charge in [0.2, 0.25) is 0 Å². The molecule has 0 aliphatic carbocycles. The second-order valence-corrected chi connectivity index (χ2v) is 6.26. The molecule has 2 atom stereocenters. The Kier molecular flexibility index (Phi) is 4.46. The number of benzene rings is 1. The van der Waals surface area contributed by atoms with Crippen LogP contribution in [0.1, 0.15) is 36.5 Å². The molecule has 1 aliphatic heterocycles. The van der Waals surface area contributed by atoms with Crippen LogP contribution in [0.3, 0.4) is 0 Å². The molecule has 1 aliphatic rings. The summed E-state index contributed by atoms with van der Waals surface area (Å²) in [6, 6.07) is 10.2. The Morgan fingerprint density at radius 2 is 2.24 bits per heavy atom. The molecule has 21 heavy (non-hydrogen) atoms. The fraction of sp³-hybridized carbons (Fsp3) is 0.353. The van der Waals surface area contributed by atoms with E-state index in [-0.39, 0.29) is 5.92 Å². The molecule has 2 unspecified atom stereocenters. The molecule has 0 fully saturated rings. The van der Waals surface area contributed by atoms with E-state index in [2.05, 4.69) is 24.0 Å². The zero-order chi connectivity index (χ0) is 14.7. The number of aliphatic hydroxyl groups is 1. The molecular formula is C17H19NO2S. The molecule has 4 heteroatoms. The molecule has 0 spiro atoms. The lowest BCUT2D eigenvalue weighted by Crippen LogP contribution is -2.11. The lowest BCUT2D eigenvalue weighted by atomic mass is 9.91. The first-order valence-corrected chi connectivity index (χ1v) is 8.25. The first-order chi connectivity index (χ1) is 10.3. The maximum atomic E-state index is 10.7. The van der Waals surface area contributed by atoms with Crippen LogP contribution in [-0.4, -0.2) is 22.5 Å². The number of ether oxygens (including phenoxy) is 1. The third kappa shape index (κ3) is 3.06. The number of aromatic nitrogens is 1. The highest BCUT2D eigenvalue weighted by Crippen LogP contribution is 2.45. The van der Waals surface area contributed by atoms with Crippen LogP contribution in [0, 0.1) is 0 Å². The van der Waals surface area contributed by atoms with Gasteiger partial charge in [0.25, 0.3) is 0 Å². The van der Waals surface area contributed by atoms with Crippen molar-refractivity contribution in [3.8, 4) is 5.75 Å². The summed E-state index contributed by atoms with van der Waals surface area (Å²) in [7, 11) is 0. The monoisotopic (exact) mass is 301 g/mol. The van der Waals surface area contributed by atoms with Gasteiger partial charge >= 0.3 is 0 Å². The van der Waals surface area contributed by atoms with Crippen molar-refractivity contribution in [3.05, 3.63) is 53.9 Å². The smallest absolute Gasteiger partial charge is 0.137 e. The van der Waals surface area contributed by atoms with Gasteiger partial charge in [0, 0.05) is 28.3 Å². The van der Waals surface area contributed by atoms with Gasteiger partial charge in [-0.2, -0.15) is 0 Å².